The van der Waals surface area contributed by atoms with Crippen molar-refractivity contribution >= 4 is 0 Å². The maximum absolute atomic E-state index is 9.13. The van der Waals surface area contributed by atoms with Crippen molar-refractivity contribution in [3.8, 4) is 5.75 Å². The quantitative estimate of drug-likeness (QED) is 0.853. The molecule has 0 bridgehead atoms. The first kappa shape index (κ1) is 14.0. The number of hydrogen-bond donors (Lipinski definition) is 1. The maximum atomic E-state index is 9.13. The van der Waals surface area contributed by atoms with E-state index >= 15 is 0 Å². The van der Waals surface area contributed by atoms with Crippen molar-refractivity contribution < 1.29 is 9.84 Å². The summed E-state index contributed by atoms with van der Waals surface area (Å²) in [4.78, 5) is 2.14. The van der Waals surface area contributed by atoms with Crippen molar-refractivity contribution in [3.05, 3.63) is 28.8 Å². The molecule has 0 heterocycles. The summed E-state index contributed by atoms with van der Waals surface area (Å²) in [6.07, 6.45) is 0.748. The molecule has 3 heteroatoms. The third kappa shape index (κ3) is 3.20. The molecule has 1 aromatic carbocycles. The Labute approximate surface area is 104 Å². The summed E-state index contributed by atoms with van der Waals surface area (Å²) >= 11 is 0. The van der Waals surface area contributed by atoms with Gasteiger partial charge in [-0.3, -0.25) is 0 Å². The second-order valence-electron chi connectivity index (χ2n) is 4.68. The lowest BCUT2D eigenvalue weighted by Crippen LogP contribution is -2.21. The number of aliphatic hydroxyl groups excluding tert-OH is 1. The van der Waals surface area contributed by atoms with Gasteiger partial charge in [0, 0.05) is 12.6 Å². The molecule has 1 aromatic rings. The highest BCUT2D eigenvalue weighted by atomic mass is 16.5. The highest BCUT2D eigenvalue weighted by Gasteiger charge is 2.16. The third-order valence-corrected chi connectivity index (χ3v) is 3.10. The lowest BCUT2D eigenvalue weighted by Gasteiger charge is -2.25. The Morgan fingerprint density at radius 2 is 1.76 bits per heavy atom. The summed E-state index contributed by atoms with van der Waals surface area (Å²) in [6.45, 7) is 4.31. The summed E-state index contributed by atoms with van der Waals surface area (Å²) < 4.78 is 5.37. The largest absolute Gasteiger partial charge is 0.496 e. The van der Waals surface area contributed by atoms with Crippen molar-refractivity contribution in [2.45, 2.75) is 26.3 Å². The van der Waals surface area contributed by atoms with Crippen LogP contribution in [0.4, 0.5) is 0 Å². The van der Waals surface area contributed by atoms with Crippen LogP contribution in [-0.4, -0.2) is 37.8 Å². The van der Waals surface area contributed by atoms with Gasteiger partial charge in [-0.25, -0.2) is 0 Å². The van der Waals surface area contributed by atoms with E-state index < -0.39 is 0 Å². The minimum Gasteiger partial charge on any atom is -0.496 e. The van der Waals surface area contributed by atoms with Crippen molar-refractivity contribution in [2.75, 3.05) is 27.8 Å². The van der Waals surface area contributed by atoms with E-state index in [4.69, 9.17) is 9.84 Å². The fourth-order valence-corrected chi connectivity index (χ4v) is 2.34. The molecule has 17 heavy (non-hydrogen) atoms. The lowest BCUT2D eigenvalue weighted by molar-refractivity contribution is 0.210. The van der Waals surface area contributed by atoms with E-state index in [0.717, 1.165) is 23.3 Å². The summed E-state index contributed by atoms with van der Waals surface area (Å²) in [7, 11) is 5.77. The molecule has 0 radical (unpaired) electrons. The molecule has 0 amide bonds. The van der Waals surface area contributed by atoms with Gasteiger partial charge in [0.05, 0.1) is 7.11 Å². The van der Waals surface area contributed by atoms with Gasteiger partial charge >= 0.3 is 0 Å². The average molecular weight is 237 g/mol. The van der Waals surface area contributed by atoms with Crippen LogP contribution in [0.15, 0.2) is 12.1 Å². The van der Waals surface area contributed by atoms with Crippen molar-refractivity contribution in [2.24, 2.45) is 0 Å². The molecule has 1 N–H and O–H groups in total. The molecule has 0 aliphatic carbocycles. The van der Waals surface area contributed by atoms with E-state index in [2.05, 4.69) is 30.9 Å². The second kappa shape index (κ2) is 6.03. The Balaban J connectivity index is 3.13. The van der Waals surface area contributed by atoms with E-state index in [1.807, 2.05) is 14.1 Å². The van der Waals surface area contributed by atoms with Crippen LogP contribution in [0.3, 0.4) is 0 Å². The fourth-order valence-electron chi connectivity index (χ4n) is 2.34. The molecule has 0 aliphatic rings. The van der Waals surface area contributed by atoms with Gasteiger partial charge in [0.1, 0.15) is 5.75 Å². The highest BCUT2D eigenvalue weighted by Crippen LogP contribution is 2.30. The zero-order chi connectivity index (χ0) is 13.0. The SMILES string of the molecule is COc1c(C)cc(C(CCO)N(C)C)cc1C. The first-order valence-corrected chi connectivity index (χ1v) is 5.93. The zero-order valence-electron chi connectivity index (χ0n) is 11.4. The summed E-state index contributed by atoms with van der Waals surface area (Å²) in [5.41, 5.74) is 3.53. The number of hydrogen-bond acceptors (Lipinski definition) is 3. The molecule has 1 atom stereocenters. The van der Waals surface area contributed by atoms with Crippen LogP contribution < -0.4 is 4.74 Å². The number of nitrogens with zero attached hydrogens (tertiary/aromatic N) is 1. The number of methoxy groups -OCH3 is 1. The lowest BCUT2D eigenvalue weighted by atomic mass is 9.97. The van der Waals surface area contributed by atoms with Crippen LogP contribution in [-0.2, 0) is 0 Å². The highest BCUT2D eigenvalue weighted by molar-refractivity contribution is 5.44. The normalized spacial score (nSPS) is 12.9. The van der Waals surface area contributed by atoms with E-state index in [-0.39, 0.29) is 12.6 Å². The number of aryl methyl sites for hydroxylation is 2. The van der Waals surface area contributed by atoms with Gasteiger partial charge in [-0.2, -0.15) is 0 Å². The monoisotopic (exact) mass is 237 g/mol. The molecule has 1 rings (SSSR count). The number of benzene rings is 1. The van der Waals surface area contributed by atoms with Crippen LogP contribution in [0.1, 0.15) is 29.2 Å². The van der Waals surface area contributed by atoms with Gasteiger partial charge in [0.2, 0.25) is 0 Å². The van der Waals surface area contributed by atoms with E-state index in [9.17, 15) is 0 Å². The van der Waals surface area contributed by atoms with Crippen LogP contribution in [0.25, 0.3) is 0 Å². The van der Waals surface area contributed by atoms with Crippen molar-refractivity contribution in [1.29, 1.82) is 0 Å². The topological polar surface area (TPSA) is 32.7 Å². The van der Waals surface area contributed by atoms with Crippen molar-refractivity contribution in [3.63, 3.8) is 0 Å². The van der Waals surface area contributed by atoms with Crippen LogP contribution in [0.2, 0.25) is 0 Å². The van der Waals surface area contributed by atoms with E-state index in [0.29, 0.717) is 0 Å². The maximum Gasteiger partial charge on any atom is 0.124 e. The first-order chi connectivity index (χ1) is 8.01. The number of aliphatic hydroxyl groups is 1. The Bertz CT molecular complexity index is 351. The van der Waals surface area contributed by atoms with Crippen molar-refractivity contribution in [1.82, 2.24) is 4.90 Å². The number of rotatable bonds is 5. The molecule has 0 fully saturated rings. The molecule has 0 saturated heterocycles. The van der Waals surface area contributed by atoms with Gasteiger partial charge in [0.15, 0.2) is 0 Å². The molecular weight excluding hydrogens is 214 g/mol. The number of ether oxygens (including phenoxy) is 1. The average Bonchev–Trinajstić information content (AvgIpc) is 2.24. The molecule has 3 nitrogen and oxygen atoms in total. The van der Waals surface area contributed by atoms with Gasteiger partial charge in [-0.15, -0.1) is 0 Å². The minimum absolute atomic E-state index is 0.201. The van der Waals surface area contributed by atoms with E-state index in [1.165, 1.54) is 5.56 Å². The predicted molar refractivity (Wildman–Crippen MR) is 70.6 cm³/mol. The van der Waals surface area contributed by atoms with Crippen LogP contribution >= 0.6 is 0 Å². The summed E-state index contributed by atoms with van der Waals surface area (Å²) in [6, 6.07) is 4.54. The molecule has 96 valence electrons. The standard InChI is InChI=1S/C14H23NO2/c1-10-8-12(9-11(2)14(10)17-5)13(6-7-16)15(3)4/h8-9,13,16H,6-7H2,1-5H3. The summed E-state index contributed by atoms with van der Waals surface area (Å²) in [5, 5.41) is 9.13. The van der Waals surface area contributed by atoms with Crippen LogP contribution in [0, 0.1) is 13.8 Å². The molecule has 0 saturated carbocycles. The zero-order valence-corrected chi connectivity index (χ0v) is 11.4. The second-order valence-corrected chi connectivity index (χ2v) is 4.68. The fraction of sp³-hybridized carbons (Fsp3) is 0.571. The molecule has 1 unspecified atom stereocenters. The van der Waals surface area contributed by atoms with Gasteiger partial charge in [-0.1, -0.05) is 12.1 Å². The van der Waals surface area contributed by atoms with Gasteiger partial charge in [0.25, 0.3) is 0 Å². The molecule has 0 aromatic heterocycles. The van der Waals surface area contributed by atoms with Crippen LogP contribution in [0.5, 0.6) is 5.75 Å². The van der Waals surface area contributed by atoms with Gasteiger partial charge in [-0.05, 0) is 51.1 Å². The Morgan fingerprint density at radius 1 is 1.24 bits per heavy atom. The van der Waals surface area contributed by atoms with Gasteiger partial charge < -0.3 is 14.7 Å². The minimum atomic E-state index is 0.201. The Kier molecular flexibility index (Phi) is 4.97. The molecule has 0 aliphatic heterocycles. The third-order valence-electron chi connectivity index (χ3n) is 3.10. The summed E-state index contributed by atoms with van der Waals surface area (Å²) in [5.74, 6) is 0.954. The first-order valence-electron chi connectivity index (χ1n) is 5.93. The Morgan fingerprint density at radius 3 is 2.12 bits per heavy atom. The van der Waals surface area contributed by atoms with E-state index in [1.54, 1.807) is 7.11 Å². The molecule has 0 spiro atoms. The smallest absolute Gasteiger partial charge is 0.124 e. The predicted octanol–water partition coefficient (Wildman–Crippen LogP) is 2.30. The Hall–Kier alpha value is -1.06. The molecular formula is C14H23NO2.